The Morgan fingerprint density at radius 1 is 0.567 bits per heavy atom. The first-order chi connectivity index (χ1) is 14.7. The van der Waals surface area contributed by atoms with E-state index < -0.39 is 6.04 Å². The first-order valence-corrected chi connectivity index (χ1v) is 12.7. The lowest BCUT2D eigenvalue weighted by Crippen LogP contribution is -2.35. The smallest absolute Gasteiger partial charge is 0.148 e. The molecule has 2 heterocycles. The van der Waals surface area contributed by atoms with E-state index in [4.69, 9.17) is 21.3 Å². The minimum absolute atomic E-state index is 0.824. The molecule has 2 aliphatic rings. The molecule has 7 rings (SSSR count). The lowest BCUT2D eigenvalue weighted by atomic mass is 10.1. The topological polar surface area (TPSA) is 18.5 Å². The number of rotatable bonds is 0. The second-order valence-corrected chi connectivity index (χ2v) is 12.0. The van der Waals surface area contributed by atoms with E-state index >= 15 is 0 Å². The molecule has 2 nitrogen and oxygen atoms in total. The van der Waals surface area contributed by atoms with Crippen molar-refractivity contribution >= 4 is 55.3 Å². The monoisotopic (exact) mass is 422 g/mol. The molecular formula is C26H15O2PS. The summed E-state index contributed by atoms with van der Waals surface area (Å²) in [5.74, 6) is 3.42. The highest BCUT2D eigenvalue weighted by atomic mass is 32.4. The Labute approximate surface area is 178 Å². The standard InChI is InChI=1S/C26H15O2PS/c30-29-22-12-6-5-11-20(22)27-25-19-10-4-2-8-17(19)15-21(26(25)29)28-24-18-9-3-1-7-16(18)13-14-23(24)29/h1-15H. The van der Waals surface area contributed by atoms with Crippen LogP contribution in [0.25, 0.3) is 21.5 Å². The number of para-hydroxylation sites is 1. The van der Waals surface area contributed by atoms with Gasteiger partial charge in [0.15, 0.2) is 0 Å². The summed E-state index contributed by atoms with van der Waals surface area (Å²) in [6.07, 6.45) is 0. The average Bonchev–Trinajstić information content (AvgIpc) is 2.79. The molecule has 0 aromatic heterocycles. The Morgan fingerprint density at radius 3 is 2.10 bits per heavy atom. The molecule has 0 aliphatic carbocycles. The van der Waals surface area contributed by atoms with Gasteiger partial charge in [-0.25, -0.2) is 0 Å². The second-order valence-electron chi connectivity index (χ2n) is 7.69. The number of hydrogen-bond donors (Lipinski definition) is 0. The first kappa shape index (κ1) is 16.6. The van der Waals surface area contributed by atoms with Crippen molar-refractivity contribution in [2.75, 3.05) is 0 Å². The van der Waals surface area contributed by atoms with Gasteiger partial charge in [-0.1, -0.05) is 78.5 Å². The van der Waals surface area contributed by atoms with Crippen LogP contribution in [-0.2, 0) is 11.8 Å². The summed E-state index contributed by atoms with van der Waals surface area (Å²) in [7, 11) is 0. The molecule has 0 bridgehead atoms. The van der Waals surface area contributed by atoms with E-state index in [1.165, 1.54) is 0 Å². The molecule has 1 atom stereocenters. The fourth-order valence-corrected chi connectivity index (χ4v) is 9.22. The van der Waals surface area contributed by atoms with Crippen molar-refractivity contribution in [1.82, 2.24) is 0 Å². The summed E-state index contributed by atoms with van der Waals surface area (Å²) in [5.41, 5.74) is 0. The summed E-state index contributed by atoms with van der Waals surface area (Å²) < 4.78 is 13.1. The molecule has 0 radical (unpaired) electrons. The maximum atomic E-state index is 6.64. The number of fused-ring (bicyclic) bond motifs is 8. The SMILES string of the molecule is S=P12c3ccccc3Oc3c1c(cc1ccccc31)Oc1c2ccc2ccccc12. The van der Waals surface area contributed by atoms with Crippen molar-refractivity contribution in [2.24, 2.45) is 0 Å². The van der Waals surface area contributed by atoms with Gasteiger partial charge in [0, 0.05) is 21.4 Å². The molecule has 0 fully saturated rings. The van der Waals surface area contributed by atoms with Gasteiger partial charge in [-0.05, 0) is 35.0 Å². The fraction of sp³-hybridized carbons (Fsp3) is 0. The minimum Gasteiger partial charge on any atom is -0.455 e. The van der Waals surface area contributed by atoms with Gasteiger partial charge in [0.05, 0.1) is 11.3 Å². The summed E-state index contributed by atoms with van der Waals surface area (Å²) in [5, 5.41) is 7.67. The van der Waals surface area contributed by atoms with Gasteiger partial charge < -0.3 is 9.47 Å². The van der Waals surface area contributed by atoms with Crippen LogP contribution in [-0.4, -0.2) is 0 Å². The average molecular weight is 422 g/mol. The van der Waals surface area contributed by atoms with Crippen LogP contribution in [0, 0.1) is 0 Å². The van der Waals surface area contributed by atoms with E-state index in [1.54, 1.807) is 0 Å². The van der Waals surface area contributed by atoms with Crippen molar-refractivity contribution in [3.8, 4) is 23.0 Å². The number of ether oxygens (including phenoxy) is 2. The first-order valence-electron chi connectivity index (χ1n) is 9.89. The second kappa shape index (κ2) is 5.72. The quantitative estimate of drug-likeness (QED) is 0.281. The molecule has 30 heavy (non-hydrogen) atoms. The van der Waals surface area contributed by atoms with Crippen LogP contribution in [0.2, 0.25) is 0 Å². The Kier molecular flexibility index (Phi) is 3.18. The predicted octanol–water partition coefficient (Wildman–Crippen LogP) is 5.96. The number of benzene rings is 5. The van der Waals surface area contributed by atoms with Gasteiger partial charge in [0.2, 0.25) is 0 Å². The lowest BCUT2D eigenvalue weighted by molar-refractivity contribution is 0.473. The normalized spacial score (nSPS) is 18.1. The molecule has 0 saturated heterocycles. The molecule has 2 aliphatic heterocycles. The van der Waals surface area contributed by atoms with Crippen LogP contribution in [0.1, 0.15) is 0 Å². The third-order valence-corrected chi connectivity index (χ3v) is 10.9. The van der Waals surface area contributed by atoms with E-state index in [9.17, 15) is 0 Å². The predicted molar refractivity (Wildman–Crippen MR) is 128 cm³/mol. The summed E-state index contributed by atoms with van der Waals surface area (Å²) in [4.78, 5) is 0. The van der Waals surface area contributed by atoms with Gasteiger partial charge in [-0.15, -0.1) is 0 Å². The largest absolute Gasteiger partial charge is 0.455 e. The van der Waals surface area contributed by atoms with Crippen molar-refractivity contribution in [1.29, 1.82) is 0 Å². The lowest BCUT2D eigenvalue weighted by Gasteiger charge is -2.38. The molecule has 0 spiro atoms. The van der Waals surface area contributed by atoms with Gasteiger partial charge in [0.1, 0.15) is 23.0 Å². The minimum atomic E-state index is -2.34. The molecule has 0 amide bonds. The van der Waals surface area contributed by atoms with Crippen LogP contribution in [0.15, 0.2) is 91.0 Å². The fourth-order valence-electron chi connectivity index (χ4n) is 4.74. The molecule has 142 valence electrons. The summed E-state index contributed by atoms with van der Waals surface area (Å²) in [6, 6.07) is 29.0. The van der Waals surface area contributed by atoms with Gasteiger partial charge in [-0.3, -0.25) is 0 Å². The molecule has 5 aromatic carbocycles. The van der Waals surface area contributed by atoms with Gasteiger partial charge in [0.25, 0.3) is 0 Å². The van der Waals surface area contributed by atoms with Crippen molar-refractivity contribution in [3.05, 3.63) is 91.0 Å². The van der Waals surface area contributed by atoms with Crippen LogP contribution in [0.4, 0.5) is 0 Å². The number of hydrogen-bond acceptors (Lipinski definition) is 3. The Bertz CT molecular complexity index is 1590. The molecule has 0 saturated carbocycles. The van der Waals surface area contributed by atoms with Gasteiger partial charge in [-0.2, -0.15) is 0 Å². The van der Waals surface area contributed by atoms with Gasteiger partial charge >= 0.3 is 0 Å². The van der Waals surface area contributed by atoms with Crippen molar-refractivity contribution in [3.63, 3.8) is 0 Å². The highest BCUT2D eigenvalue weighted by molar-refractivity contribution is 8.26. The highest BCUT2D eigenvalue weighted by Gasteiger charge is 2.43. The van der Waals surface area contributed by atoms with Crippen molar-refractivity contribution < 1.29 is 9.47 Å². The Morgan fingerprint density at radius 2 is 1.23 bits per heavy atom. The van der Waals surface area contributed by atoms with Crippen molar-refractivity contribution in [2.45, 2.75) is 0 Å². The highest BCUT2D eigenvalue weighted by Crippen LogP contribution is 2.60. The van der Waals surface area contributed by atoms with E-state index in [1.807, 2.05) is 24.3 Å². The van der Waals surface area contributed by atoms with Crippen LogP contribution >= 0.6 is 6.04 Å². The zero-order chi connectivity index (χ0) is 19.9. The van der Waals surface area contributed by atoms with E-state index in [-0.39, 0.29) is 0 Å². The molecule has 1 unspecified atom stereocenters. The zero-order valence-corrected chi connectivity index (χ0v) is 17.5. The molecule has 0 N–H and O–H groups in total. The van der Waals surface area contributed by atoms with Crippen LogP contribution in [0.5, 0.6) is 23.0 Å². The summed E-state index contributed by atoms with van der Waals surface area (Å²) in [6.45, 7) is 0. The van der Waals surface area contributed by atoms with Crippen LogP contribution < -0.4 is 25.4 Å². The summed E-state index contributed by atoms with van der Waals surface area (Å²) >= 11 is 6.64. The van der Waals surface area contributed by atoms with E-state index in [2.05, 4.69) is 66.7 Å². The maximum absolute atomic E-state index is 6.64. The molecular weight excluding hydrogens is 407 g/mol. The Balaban J connectivity index is 1.70. The third-order valence-electron chi connectivity index (χ3n) is 6.08. The maximum Gasteiger partial charge on any atom is 0.148 e. The van der Waals surface area contributed by atoms with Crippen LogP contribution in [0.3, 0.4) is 0 Å². The zero-order valence-electron chi connectivity index (χ0n) is 15.8. The third kappa shape index (κ3) is 1.97. The molecule has 4 heteroatoms. The van der Waals surface area contributed by atoms with E-state index in [0.29, 0.717) is 0 Å². The van der Waals surface area contributed by atoms with E-state index in [0.717, 1.165) is 60.5 Å². The molecule has 5 aromatic rings. The Hall–Kier alpha value is -3.13.